The van der Waals surface area contributed by atoms with E-state index in [0.29, 0.717) is 22.8 Å². The monoisotopic (exact) mass is 322 g/mol. The summed E-state index contributed by atoms with van der Waals surface area (Å²) in [4.78, 5) is 0. The lowest BCUT2D eigenvalue weighted by atomic mass is 10.0. The molecule has 0 atom stereocenters. The van der Waals surface area contributed by atoms with E-state index in [1.165, 1.54) is 10.7 Å². The highest BCUT2D eigenvalue weighted by atomic mass is 35.5. The molecule has 1 aromatic carbocycles. The van der Waals surface area contributed by atoms with Crippen LogP contribution in [0.1, 0.15) is 18.1 Å². The Morgan fingerprint density at radius 2 is 1.90 bits per heavy atom. The number of benzene rings is 1. The second-order valence-electron chi connectivity index (χ2n) is 4.29. The molecular formula is C13H11Cl2F3N2. The number of hydrogen-bond acceptors (Lipinski definition) is 1. The van der Waals surface area contributed by atoms with Gasteiger partial charge in [0.15, 0.2) is 5.15 Å². The van der Waals surface area contributed by atoms with E-state index in [1.54, 1.807) is 7.05 Å². The molecule has 0 aliphatic rings. The molecule has 0 aliphatic heterocycles. The predicted molar refractivity (Wildman–Crippen MR) is 73.0 cm³/mol. The van der Waals surface area contributed by atoms with Gasteiger partial charge in [0.1, 0.15) is 0 Å². The Labute approximate surface area is 124 Å². The lowest BCUT2D eigenvalue weighted by Gasteiger charge is -2.11. The fourth-order valence-corrected chi connectivity index (χ4v) is 2.68. The molecule has 0 unspecified atom stereocenters. The van der Waals surface area contributed by atoms with Crippen LogP contribution in [0.15, 0.2) is 18.2 Å². The van der Waals surface area contributed by atoms with Crippen LogP contribution in [0.5, 0.6) is 0 Å². The Morgan fingerprint density at radius 3 is 2.40 bits per heavy atom. The second kappa shape index (κ2) is 5.30. The van der Waals surface area contributed by atoms with Crippen molar-refractivity contribution in [2.24, 2.45) is 7.05 Å². The summed E-state index contributed by atoms with van der Waals surface area (Å²) >= 11 is 12.0. The highest BCUT2D eigenvalue weighted by Gasteiger charge is 2.31. The quantitative estimate of drug-likeness (QED) is 0.762. The first-order chi connectivity index (χ1) is 9.25. The molecule has 2 rings (SSSR count). The third-order valence-electron chi connectivity index (χ3n) is 3.00. The molecule has 0 saturated heterocycles. The van der Waals surface area contributed by atoms with Crippen LogP contribution < -0.4 is 0 Å². The molecule has 1 aromatic heterocycles. The molecule has 0 amide bonds. The van der Waals surface area contributed by atoms with E-state index in [2.05, 4.69) is 5.10 Å². The molecule has 0 aliphatic carbocycles. The number of nitrogens with zero attached hydrogens (tertiary/aromatic N) is 2. The first kappa shape index (κ1) is 15.2. The summed E-state index contributed by atoms with van der Waals surface area (Å²) in [6.45, 7) is 1.89. The van der Waals surface area contributed by atoms with Gasteiger partial charge in [0.05, 0.1) is 16.3 Å². The number of halogens is 5. The molecule has 0 fully saturated rings. The maximum atomic E-state index is 12.6. The molecule has 0 N–H and O–H groups in total. The van der Waals surface area contributed by atoms with Crippen molar-refractivity contribution in [3.8, 4) is 11.3 Å². The van der Waals surface area contributed by atoms with Crippen LogP contribution >= 0.6 is 23.2 Å². The summed E-state index contributed by atoms with van der Waals surface area (Å²) in [5.74, 6) is 0. The molecule has 0 bridgehead atoms. The van der Waals surface area contributed by atoms with E-state index in [-0.39, 0.29) is 5.02 Å². The van der Waals surface area contributed by atoms with Crippen molar-refractivity contribution in [2.45, 2.75) is 19.5 Å². The van der Waals surface area contributed by atoms with Gasteiger partial charge in [-0.05, 0) is 18.6 Å². The minimum atomic E-state index is -4.42. The van der Waals surface area contributed by atoms with Gasteiger partial charge in [-0.1, -0.05) is 36.2 Å². The normalized spacial score (nSPS) is 11.9. The van der Waals surface area contributed by atoms with Crippen molar-refractivity contribution < 1.29 is 13.2 Å². The summed E-state index contributed by atoms with van der Waals surface area (Å²) in [7, 11) is 1.67. The van der Waals surface area contributed by atoms with Crippen LogP contribution in [-0.4, -0.2) is 9.78 Å². The summed E-state index contributed by atoms with van der Waals surface area (Å²) in [5.41, 5.74) is 1.10. The van der Waals surface area contributed by atoms with Gasteiger partial charge in [0, 0.05) is 18.2 Å². The van der Waals surface area contributed by atoms with Crippen molar-refractivity contribution in [1.29, 1.82) is 0 Å². The van der Waals surface area contributed by atoms with Crippen molar-refractivity contribution in [3.05, 3.63) is 39.5 Å². The molecule has 1 heterocycles. The number of hydrogen-bond donors (Lipinski definition) is 0. The van der Waals surface area contributed by atoms with Crippen LogP contribution in [0.4, 0.5) is 13.2 Å². The minimum absolute atomic E-state index is 0.0224. The largest absolute Gasteiger partial charge is 0.416 e. The molecule has 0 radical (unpaired) electrons. The SMILES string of the molecule is CCc1c(Cl)nn(C)c1-c1ccc(C(F)(F)F)cc1Cl. The van der Waals surface area contributed by atoms with Crippen LogP contribution in [0.25, 0.3) is 11.3 Å². The average Bonchev–Trinajstić information content (AvgIpc) is 2.62. The summed E-state index contributed by atoms with van der Waals surface area (Å²) < 4.78 is 39.4. The molecule has 20 heavy (non-hydrogen) atoms. The van der Waals surface area contributed by atoms with E-state index >= 15 is 0 Å². The van der Waals surface area contributed by atoms with E-state index < -0.39 is 11.7 Å². The standard InChI is InChI=1S/C13H11Cl2F3N2/c1-3-8-11(20(2)19-12(8)15)9-5-4-7(6-10(9)14)13(16,17)18/h4-6H,3H2,1-2H3. The Kier molecular flexibility index (Phi) is 4.02. The highest BCUT2D eigenvalue weighted by molar-refractivity contribution is 6.34. The minimum Gasteiger partial charge on any atom is -0.266 e. The van der Waals surface area contributed by atoms with E-state index in [4.69, 9.17) is 23.2 Å². The smallest absolute Gasteiger partial charge is 0.266 e. The zero-order chi connectivity index (χ0) is 15.1. The van der Waals surface area contributed by atoms with Crippen LogP contribution in [0, 0.1) is 0 Å². The lowest BCUT2D eigenvalue weighted by Crippen LogP contribution is -2.05. The Balaban J connectivity index is 2.60. The zero-order valence-electron chi connectivity index (χ0n) is 10.7. The molecule has 108 valence electrons. The number of rotatable bonds is 2. The van der Waals surface area contributed by atoms with Gasteiger partial charge in [0.25, 0.3) is 0 Å². The summed E-state index contributed by atoms with van der Waals surface area (Å²) in [5, 5.41) is 4.43. The lowest BCUT2D eigenvalue weighted by molar-refractivity contribution is -0.137. The summed E-state index contributed by atoms with van der Waals surface area (Å²) in [6.07, 6.45) is -3.81. The maximum Gasteiger partial charge on any atom is 0.416 e. The number of alkyl halides is 3. The molecule has 0 saturated carbocycles. The zero-order valence-corrected chi connectivity index (χ0v) is 12.2. The average molecular weight is 323 g/mol. The Bertz CT molecular complexity index is 648. The fourth-order valence-electron chi connectivity index (χ4n) is 2.07. The van der Waals surface area contributed by atoms with Gasteiger partial charge < -0.3 is 0 Å². The van der Waals surface area contributed by atoms with Gasteiger partial charge in [-0.25, -0.2) is 0 Å². The predicted octanol–water partition coefficient (Wildman–Crippen LogP) is 4.98. The highest BCUT2D eigenvalue weighted by Crippen LogP contribution is 2.37. The number of aryl methyl sites for hydroxylation is 1. The first-order valence-corrected chi connectivity index (χ1v) is 6.59. The van der Waals surface area contributed by atoms with Gasteiger partial charge in [-0.3, -0.25) is 4.68 Å². The summed E-state index contributed by atoms with van der Waals surface area (Å²) in [6, 6.07) is 3.26. The fraction of sp³-hybridized carbons (Fsp3) is 0.308. The maximum absolute atomic E-state index is 12.6. The van der Waals surface area contributed by atoms with Gasteiger partial charge in [-0.15, -0.1) is 0 Å². The van der Waals surface area contributed by atoms with Crippen molar-refractivity contribution in [1.82, 2.24) is 9.78 Å². The van der Waals surface area contributed by atoms with Gasteiger partial charge in [-0.2, -0.15) is 18.3 Å². The van der Waals surface area contributed by atoms with Gasteiger partial charge in [0.2, 0.25) is 0 Å². The Morgan fingerprint density at radius 1 is 1.25 bits per heavy atom. The van der Waals surface area contributed by atoms with Crippen molar-refractivity contribution in [2.75, 3.05) is 0 Å². The van der Waals surface area contributed by atoms with Gasteiger partial charge >= 0.3 is 6.18 Å². The van der Waals surface area contributed by atoms with Crippen molar-refractivity contribution in [3.63, 3.8) is 0 Å². The topological polar surface area (TPSA) is 17.8 Å². The van der Waals surface area contributed by atoms with E-state index in [1.807, 2.05) is 6.92 Å². The van der Waals surface area contributed by atoms with E-state index in [0.717, 1.165) is 17.7 Å². The van der Waals surface area contributed by atoms with Crippen molar-refractivity contribution >= 4 is 23.2 Å². The van der Waals surface area contributed by atoms with Crippen LogP contribution in [0.3, 0.4) is 0 Å². The molecule has 2 aromatic rings. The Hall–Kier alpha value is -1.20. The van der Waals surface area contributed by atoms with Crippen LogP contribution in [0.2, 0.25) is 10.2 Å². The first-order valence-electron chi connectivity index (χ1n) is 5.84. The molecule has 7 heteroatoms. The third-order valence-corrected chi connectivity index (χ3v) is 3.62. The number of aromatic nitrogens is 2. The molecule has 2 nitrogen and oxygen atoms in total. The molecule has 0 spiro atoms. The van der Waals surface area contributed by atoms with E-state index in [9.17, 15) is 13.2 Å². The van der Waals surface area contributed by atoms with Crippen LogP contribution in [-0.2, 0) is 19.6 Å². The molecular weight excluding hydrogens is 312 g/mol. The third kappa shape index (κ3) is 2.65. The second-order valence-corrected chi connectivity index (χ2v) is 5.05.